The highest BCUT2D eigenvalue weighted by atomic mass is 32.1. The summed E-state index contributed by atoms with van der Waals surface area (Å²) in [4.78, 5) is 5.45. The van der Waals surface area contributed by atoms with Crippen LogP contribution in [-0.2, 0) is 0 Å². The van der Waals surface area contributed by atoms with Crippen molar-refractivity contribution in [2.45, 2.75) is 0 Å². The number of aromatic nitrogens is 3. The van der Waals surface area contributed by atoms with Gasteiger partial charge in [-0.1, -0.05) is 164 Å². The molecule has 13 rings (SSSR count). The number of hydrogen-bond acceptors (Lipinski definition) is 2. The van der Waals surface area contributed by atoms with Crippen LogP contribution in [0.1, 0.15) is 0 Å². The molecular weight excluding hydrogens is 735 g/mol. The maximum Gasteiger partial charge on any atom is 0.156 e. The first-order valence-corrected chi connectivity index (χ1v) is 20.9. The van der Waals surface area contributed by atoms with Gasteiger partial charge in [0.05, 0.1) is 32.5 Å². The quantitative estimate of drug-likeness (QED) is 0.175. The lowest BCUT2D eigenvalue weighted by molar-refractivity contribution is 1.18. The first kappa shape index (κ1) is 32.5. The maximum atomic E-state index is 5.45. The topological polar surface area (TPSA) is 22.2 Å². The Labute approximate surface area is 343 Å². The van der Waals surface area contributed by atoms with Crippen molar-refractivity contribution < 1.29 is 0 Å². The highest BCUT2D eigenvalue weighted by Gasteiger charge is 2.20. The fraction of sp³-hybridized carbons (Fsp3) is 0. The number of nitrogens with zero attached hydrogens (tertiary/aromatic N) is 3. The summed E-state index contributed by atoms with van der Waals surface area (Å²) in [6.45, 7) is 0. The second kappa shape index (κ2) is 12.5. The molecule has 0 spiro atoms. The van der Waals surface area contributed by atoms with Crippen molar-refractivity contribution in [1.29, 1.82) is 0 Å². The van der Waals surface area contributed by atoms with Crippen LogP contribution < -0.4 is 0 Å². The summed E-state index contributed by atoms with van der Waals surface area (Å²) in [6.07, 6.45) is 0. The molecule has 3 nitrogen and oxygen atoms in total. The number of fused-ring (bicyclic) bond motifs is 14. The van der Waals surface area contributed by atoms with Gasteiger partial charge in [-0.3, -0.25) is 4.40 Å². The standard InChI is InChI=1S/C55H33N3S/c1-2-12-41(13-3-1)57-48-17-9-8-16-44(48)45-29-27-40(32-51(45)57)36-20-18-34(19-21-36)35-22-24-39(25-23-35)50-33-47-46-30-26-38-11-5-7-15-43(38)53(46)59-54(47)55-56-52-42-14-6-4-10-37(42)28-31-49(52)58(50)55/h1-33H. The predicted octanol–water partition coefficient (Wildman–Crippen LogP) is 15.3. The third-order valence-electron chi connectivity index (χ3n) is 12.3. The van der Waals surface area contributed by atoms with Crippen molar-refractivity contribution in [2.75, 3.05) is 0 Å². The normalized spacial score (nSPS) is 12.1. The van der Waals surface area contributed by atoms with Crippen LogP contribution in [-0.4, -0.2) is 14.0 Å². The van der Waals surface area contributed by atoms with Crippen molar-refractivity contribution in [3.05, 3.63) is 200 Å². The Kier molecular flexibility index (Phi) is 6.89. The maximum absolute atomic E-state index is 5.45. The molecular formula is C55H33N3S. The molecule has 0 bridgehead atoms. The van der Waals surface area contributed by atoms with Gasteiger partial charge in [-0.05, 0) is 80.4 Å². The summed E-state index contributed by atoms with van der Waals surface area (Å²) >= 11 is 1.86. The van der Waals surface area contributed by atoms with Crippen molar-refractivity contribution in [3.8, 4) is 39.2 Å². The molecule has 59 heavy (non-hydrogen) atoms. The minimum Gasteiger partial charge on any atom is -0.309 e. The third-order valence-corrected chi connectivity index (χ3v) is 13.6. The van der Waals surface area contributed by atoms with Crippen molar-refractivity contribution in [1.82, 2.24) is 14.0 Å². The average Bonchev–Trinajstić information content (AvgIpc) is 3.99. The second-order valence-corrected chi connectivity index (χ2v) is 16.6. The van der Waals surface area contributed by atoms with Gasteiger partial charge in [0.15, 0.2) is 5.65 Å². The number of hydrogen-bond donors (Lipinski definition) is 0. The van der Waals surface area contributed by atoms with Gasteiger partial charge in [-0.15, -0.1) is 11.3 Å². The molecule has 4 heterocycles. The van der Waals surface area contributed by atoms with Crippen LogP contribution in [0.4, 0.5) is 0 Å². The molecule has 0 amide bonds. The van der Waals surface area contributed by atoms with E-state index >= 15 is 0 Å². The summed E-state index contributed by atoms with van der Waals surface area (Å²) in [5.41, 5.74) is 13.9. The Balaban J connectivity index is 0.924. The van der Waals surface area contributed by atoms with Crippen molar-refractivity contribution >= 4 is 91.5 Å². The van der Waals surface area contributed by atoms with E-state index in [-0.39, 0.29) is 0 Å². The van der Waals surface area contributed by atoms with E-state index in [1.54, 1.807) is 0 Å². The van der Waals surface area contributed by atoms with Crippen LogP contribution in [0, 0.1) is 0 Å². The van der Waals surface area contributed by atoms with Gasteiger partial charge in [-0.2, -0.15) is 0 Å². The highest BCUT2D eigenvalue weighted by molar-refractivity contribution is 7.27. The van der Waals surface area contributed by atoms with E-state index in [1.807, 2.05) is 11.3 Å². The zero-order valence-corrected chi connectivity index (χ0v) is 32.6. The van der Waals surface area contributed by atoms with Crippen molar-refractivity contribution in [2.24, 2.45) is 0 Å². The highest BCUT2D eigenvalue weighted by Crippen LogP contribution is 2.44. The van der Waals surface area contributed by atoms with Crippen LogP contribution in [0.2, 0.25) is 0 Å². The van der Waals surface area contributed by atoms with E-state index in [9.17, 15) is 0 Å². The minimum absolute atomic E-state index is 1.01. The summed E-state index contributed by atoms with van der Waals surface area (Å²) in [6, 6.07) is 73.0. The van der Waals surface area contributed by atoms with E-state index in [4.69, 9.17) is 4.98 Å². The Bertz CT molecular complexity index is 3810. The number of thiophene rings is 1. The fourth-order valence-corrected chi connectivity index (χ4v) is 10.8. The summed E-state index contributed by atoms with van der Waals surface area (Å²) in [5, 5.41) is 9.99. The van der Waals surface area contributed by atoms with E-state index < -0.39 is 0 Å². The largest absolute Gasteiger partial charge is 0.309 e. The van der Waals surface area contributed by atoms with Gasteiger partial charge in [0.25, 0.3) is 0 Å². The van der Waals surface area contributed by atoms with E-state index in [1.165, 1.54) is 91.5 Å². The Morgan fingerprint density at radius 3 is 1.71 bits per heavy atom. The first-order valence-electron chi connectivity index (χ1n) is 20.1. The lowest BCUT2D eigenvalue weighted by atomic mass is 9.98. The lowest BCUT2D eigenvalue weighted by Crippen LogP contribution is -1.93. The molecule has 0 N–H and O–H groups in total. The Morgan fingerprint density at radius 2 is 0.932 bits per heavy atom. The van der Waals surface area contributed by atoms with Crippen LogP contribution in [0.5, 0.6) is 0 Å². The third kappa shape index (κ3) is 4.84. The zero-order chi connectivity index (χ0) is 38.6. The molecule has 0 aliphatic rings. The van der Waals surface area contributed by atoms with Gasteiger partial charge in [0.2, 0.25) is 0 Å². The van der Waals surface area contributed by atoms with E-state index in [0.29, 0.717) is 0 Å². The summed E-state index contributed by atoms with van der Waals surface area (Å²) in [7, 11) is 0. The second-order valence-electron chi connectivity index (χ2n) is 15.5. The monoisotopic (exact) mass is 767 g/mol. The molecule has 0 saturated carbocycles. The molecule has 13 aromatic rings. The number of benzene rings is 9. The minimum atomic E-state index is 1.01. The molecule has 0 unspecified atom stereocenters. The molecule has 0 aliphatic carbocycles. The van der Waals surface area contributed by atoms with Crippen LogP contribution in [0.3, 0.4) is 0 Å². The number of rotatable bonds is 4. The molecule has 0 saturated heterocycles. The molecule has 274 valence electrons. The zero-order valence-electron chi connectivity index (χ0n) is 31.8. The molecule has 4 aromatic heterocycles. The van der Waals surface area contributed by atoms with Crippen LogP contribution in [0.15, 0.2) is 200 Å². The summed E-state index contributed by atoms with van der Waals surface area (Å²) in [5.74, 6) is 0. The average molecular weight is 768 g/mol. The Hall–Kier alpha value is -7.53. The van der Waals surface area contributed by atoms with E-state index in [2.05, 4.69) is 209 Å². The van der Waals surface area contributed by atoms with Gasteiger partial charge in [0.1, 0.15) is 0 Å². The SMILES string of the molecule is c1ccc(-n2c3ccccc3c3ccc(-c4ccc(-c5ccc(-c6cc7c8ccc9ccccc9c8sc7c7nc8c9ccccc9ccc8n67)cc5)cc4)cc32)cc1. The Morgan fingerprint density at radius 1 is 0.356 bits per heavy atom. The molecule has 0 fully saturated rings. The number of imidazole rings is 1. The van der Waals surface area contributed by atoms with Gasteiger partial charge < -0.3 is 4.57 Å². The van der Waals surface area contributed by atoms with Crippen LogP contribution in [0.25, 0.3) is 119 Å². The van der Waals surface area contributed by atoms with Crippen molar-refractivity contribution in [3.63, 3.8) is 0 Å². The van der Waals surface area contributed by atoms with Gasteiger partial charge in [0, 0.05) is 37.3 Å². The smallest absolute Gasteiger partial charge is 0.156 e. The van der Waals surface area contributed by atoms with Gasteiger partial charge in [-0.25, -0.2) is 4.98 Å². The molecule has 0 aliphatic heterocycles. The predicted molar refractivity (Wildman–Crippen MR) is 251 cm³/mol. The first-order chi connectivity index (χ1) is 29.2. The lowest BCUT2D eigenvalue weighted by Gasteiger charge is -2.11. The number of para-hydroxylation sites is 2. The van der Waals surface area contributed by atoms with E-state index in [0.717, 1.165) is 27.9 Å². The molecule has 9 aromatic carbocycles. The molecule has 0 atom stereocenters. The van der Waals surface area contributed by atoms with Gasteiger partial charge >= 0.3 is 0 Å². The number of pyridine rings is 1. The summed E-state index contributed by atoms with van der Waals surface area (Å²) < 4.78 is 7.30. The molecule has 4 heteroatoms. The molecule has 0 radical (unpaired) electrons. The van der Waals surface area contributed by atoms with Crippen LogP contribution >= 0.6 is 11.3 Å². The fourth-order valence-electron chi connectivity index (χ4n) is 9.47.